The number of fused-ring (bicyclic) bond motifs is 5. The van der Waals surface area contributed by atoms with Gasteiger partial charge in [-0.3, -0.25) is 58.1 Å². The minimum atomic E-state index is -1.80. The molecular formula is C40H59N13O13S3. The maximum atomic E-state index is 14.2. The van der Waals surface area contributed by atoms with E-state index >= 15 is 0 Å². The standard InChI is InChI=1S/C40H59N13O13S3/c1-20(54)44-11-3-2-5-24-35(62)52-28-17-68-69-18-29(39(66)50-25(13-21-7-9-22(55)10-8-21)36(63)51-27(33(41)60)16-67-19-31(57)47-24)53-37(64)26(14-32(58)59)48-30(56)15-46-34(61)23(49-38(28)65)6-4-12-45-40(42)43/h7-10,23-29,55H,2-6,11-19H2,1H3,(H2,41,60)(H,44,54)(H,46,61)(H,47,57)(H,48,56)(H,49,65)(H,50,66)(H,51,63)(H,52,62)(H,53,64)(H,58,59)(H4,42,43,45)/t23-,24-,25-,26-,27-,28-,29-/m0/s1. The van der Waals surface area contributed by atoms with E-state index in [1.54, 1.807) is 0 Å². The minimum Gasteiger partial charge on any atom is -0.508 e. The zero-order valence-electron chi connectivity index (χ0n) is 37.5. The van der Waals surface area contributed by atoms with Crippen molar-refractivity contribution >= 4 is 104 Å². The van der Waals surface area contributed by atoms with Crippen molar-refractivity contribution in [2.24, 2.45) is 11.5 Å². The maximum absolute atomic E-state index is 14.2. The number of phenols is 1. The third-order valence-electron chi connectivity index (χ3n) is 10.0. The normalized spacial score (nSPS) is 24.1. The summed E-state index contributed by atoms with van der Waals surface area (Å²) < 4.78 is 0. The molecule has 29 heteroatoms. The van der Waals surface area contributed by atoms with Crippen molar-refractivity contribution in [3.05, 3.63) is 29.8 Å². The molecule has 26 nitrogen and oxygen atoms in total. The second-order valence-electron chi connectivity index (χ2n) is 15.7. The summed E-state index contributed by atoms with van der Waals surface area (Å²) in [6.07, 6.45) is -0.416. The number of thioether (sulfide) groups is 1. The lowest BCUT2D eigenvalue weighted by Crippen LogP contribution is -2.59. The van der Waals surface area contributed by atoms with E-state index in [1.165, 1.54) is 31.2 Å². The van der Waals surface area contributed by atoms with Crippen LogP contribution in [0.5, 0.6) is 5.75 Å². The number of nitrogens with two attached hydrogens (primary N) is 2. The van der Waals surface area contributed by atoms with Crippen LogP contribution in [-0.2, 0) is 59.2 Å². The van der Waals surface area contributed by atoms with Crippen molar-refractivity contribution in [2.75, 3.05) is 42.6 Å². The van der Waals surface area contributed by atoms with Gasteiger partial charge in [-0.2, -0.15) is 0 Å². The van der Waals surface area contributed by atoms with E-state index in [-0.39, 0.29) is 79.4 Å². The largest absolute Gasteiger partial charge is 0.508 e. The number of guanidine groups is 1. The monoisotopic (exact) mass is 1030 g/mol. The summed E-state index contributed by atoms with van der Waals surface area (Å²) in [6.45, 7) is 0.863. The van der Waals surface area contributed by atoms with Gasteiger partial charge in [0.2, 0.25) is 59.1 Å². The Hall–Kier alpha value is -6.49. The molecule has 3 rings (SSSR count). The number of hydrogen-bond donors (Lipinski definition) is 15. The number of phenolic OH excluding ortho intramolecular Hbond substituents is 1. The average Bonchev–Trinajstić information content (AvgIpc) is 3.27. The van der Waals surface area contributed by atoms with Crippen molar-refractivity contribution in [3.8, 4) is 5.75 Å². The van der Waals surface area contributed by atoms with Gasteiger partial charge in [-0.25, -0.2) is 0 Å². The highest BCUT2D eigenvalue weighted by Crippen LogP contribution is 2.24. The van der Waals surface area contributed by atoms with Crippen LogP contribution in [-0.4, -0.2) is 166 Å². The lowest BCUT2D eigenvalue weighted by atomic mass is 10.0. The number of benzene rings is 1. The third-order valence-corrected chi connectivity index (χ3v) is 13.5. The molecule has 0 radical (unpaired) electrons. The van der Waals surface area contributed by atoms with Gasteiger partial charge >= 0.3 is 5.97 Å². The van der Waals surface area contributed by atoms with E-state index in [2.05, 4.69) is 53.2 Å². The van der Waals surface area contributed by atoms with Crippen LogP contribution in [0.2, 0.25) is 0 Å². The van der Waals surface area contributed by atoms with Crippen LogP contribution in [0.25, 0.3) is 0 Å². The van der Waals surface area contributed by atoms with Crippen molar-refractivity contribution in [1.82, 2.24) is 53.2 Å². The Morgan fingerprint density at radius 3 is 1.81 bits per heavy atom. The van der Waals surface area contributed by atoms with Gasteiger partial charge in [0.15, 0.2) is 5.96 Å². The lowest BCUT2D eigenvalue weighted by molar-refractivity contribution is -0.141. The number of nitrogens with one attached hydrogen (secondary N) is 11. The summed E-state index contributed by atoms with van der Waals surface area (Å²) in [7, 11) is 1.83. The van der Waals surface area contributed by atoms with Crippen molar-refractivity contribution < 1.29 is 63.0 Å². The SMILES string of the molecule is CC(=O)NCCCC[C@@H]1NC(=O)CSC[C@@H](C(N)=O)NC(=O)[C@H](Cc2ccc(O)cc2)NC(=O)[C@@H]2CSSC[C@H](NC1=O)C(=O)N[C@@H](CCCNC(=N)N)C(=O)NCC(=O)N[C@@H](CC(=O)O)C(=O)N2. The molecule has 2 fully saturated rings. The Kier molecular flexibility index (Phi) is 24.2. The zero-order chi connectivity index (χ0) is 51.0. The van der Waals surface area contributed by atoms with E-state index < -0.39 is 114 Å². The molecule has 2 aliphatic heterocycles. The van der Waals surface area contributed by atoms with Crippen molar-refractivity contribution in [3.63, 3.8) is 0 Å². The fraction of sp³-hybridized carbons (Fsp3) is 0.550. The molecule has 17 N–H and O–H groups in total. The quantitative estimate of drug-likeness (QED) is 0.0359. The summed E-state index contributed by atoms with van der Waals surface area (Å²) in [4.78, 5) is 146. The van der Waals surface area contributed by atoms with E-state index in [9.17, 15) is 63.0 Å². The number of rotatable bonds is 14. The molecule has 69 heavy (non-hydrogen) atoms. The van der Waals surface area contributed by atoms with E-state index in [0.29, 0.717) is 18.4 Å². The smallest absolute Gasteiger partial charge is 0.305 e. The molecule has 380 valence electrons. The van der Waals surface area contributed by atoms with Crippen LogP contribution >= 0.6 is 33.3 Å². The highest BCUT2D eigenvalue weighted by atomic mass is 33.1. The molecule has 2 heterocycles. The van der Waals surface area contributed by atoms with Crippen LogP contribution in [0.15, 0.2) is 24.3 Å². The zero-order valence-corrected chi connectivity index (χ0v) is 40.0. The van der Waals surface area contributed by atoms with Gasteiger partial charge in [0.25, 0.3) is 0 Å². The summed E-state index contributed by atoms with van der Waals surface area (Å²) in [6, 6.07) is -4.78. The molecule has 0 aromatic heterocycles. The molecule has 10 amide bonds. The highest BCUT2D eigenvalue weighted by molar-refractivity contribution is 8.76. The molecule has 0 spiro atoms. The van der Waals surface area contributed by atoms with Gasteiger partial charge < -0.3 is 74.8 Å². The lowest BCUT2D eigenvalue weighted by Gasteiger charge is -2.26. The van der Waals surface area contributed by atoms with Crippen LogP contribution in [0.1, 0.15) is 51.0 Å². The predicted octanol–water partition coefficient (Wildman–Crippen LogP) is -4.88. The molecule has 7 atom stereocenters. The van der Waals surface area contributed by atoms with Crippen LogP contribution < -0.4 is 64.6 Å². The number of aromatic hydroxyl groups is 1. The Bertz CT molecular complexity index is 2050. The van der Waals surface area contributed by atoms with E-state index in [4.69, 9.17) is 16.9 Å². The second kappa shape index (κ2) is 29.4. The molecular weight excluding hydrogens is 967 g/mol. The van der Waals surface area contributed by atoms with Gasteiger partial charge in [-0.1, -0.05) is 33.7 Å². The average molecular weight is 1030 g/mol. The van der Waals surface area contributed by atoms with Crippen LogP contribution in [0.3, 0.4) is 0 Å². The first-order valence-electron chi connectivity index (χ1n) is 21.5. The molecule has 1 aromatic rings. The van der Waals surface area contributed by atoms with Gasteiger partial charge in [-0.05, 0) is 49.8 Å². The molecule has 0 unspecified atom stereocenters. The Labute approximate surface area is 408 Å². The molecule has 2 bridgehead atoms. The molecule has 0 aliphatic carbocycles. The topological polar surface area (TPSA) is 424 Å². The fourth-order valence-electron chi connectivity index (χ4n) is 6.46. The summed E-state index contributed by atoms with van der Waals surface area (Å²) in [5, 5.41) is 52.0. The maximum Gasteiger partial charge on any atom is 0.305 e. The third kappa shape index (κ3) is 21.6. The fourth-order valence-corrected chi connectivity index (χ4v) is 9.66. The number of amides is 10. The number of carbonyl (C=O) groups is 11. The molecule has 2 aliphatic rings. The first-order valence-corrected chi connectivity index (χ1v) is 25.2. The summed E-state index contributed by atoms with van der Waals surface area (Å²) in [5.74, 6) is -11.9. The van der Waals surface area contributed by atoms with E-state index in [1.807, 2.05) is 0 Å². The Balaban J connectivity index is 2.14. The summed E-state index contributed by atoms with van der Waals surface area (Å²) in [5.41, 5.74) is 11.4. The Morgan fingerprint density at radius 1 is 0.667 bits per heavy atom. The van der Waals surface area contributed by atoms with Crippen LogP contribution in [0.4, 0.5) is 0 Å². The number of carbonyl (C=O) groups excluding carboxylic acids is 10. The van der Waals surface area contributed by atoms with Gasteiger partial charge in [0.05, 0.1) is 18.7 Å². The summed E-state index contributed by atoms with van der Waals surface area (Å²) >= 11 is 0.871. The second-order valence-corrected chi connectivity index (χ2v) is 19.3. The van der Waals surface area contributed by atoms with Crippen molar-refractivity contribution in [2.45, 2.75) is 94.2 Å². The molecule has 2 saturated heterocycles. The number of primary amides is 1. The highest BCUT2D eigenvalue weighted by Gasteiger charge is 2.35. The predicted molar refractivity (Wildman–Crippen MR) is 254 cm³/mol. The molecule has 1 aromatic carbocycles. The number of carboxylic acid groups (broad SMARTS) is 1. The first-order chi connectivity index (χ1) is 32.7. The number of aliphatic carboxylic acids is 1. The number of unbranched alkanes of at least 4 members (excludes halogenated alkanes) is 1. The Morgan fingerprint density at radius 2 is 1.22 bits per heavy atom. The van der Waals surface area contributed by atoms with Gasteiger partial charge in [0, 0.05) is 43.7 Å². The van der Waals surface area contributed by atoms with Crippen LogP contribution in [0, 0.1) is 5.41 Å². The van der Waals surface area contributed by atoms with Gasteiger partial charge in [-0.15, -0.1) is 11.8 Å². The number of carboxylic acids is 1. The molecule has 0 saturated carbocycles. The van der Waals surface area contributed by atoms with E-state index in [0.717, 1.165) is 33.3 Å². The number of hydrogen-bond acceptors (Lipinski definition) is 16. The van der Waals surface area contributed by atoms with Gasteiger partial charge in [0.1, 0.15) is 48.0 Å². The minimum absolute atomic E-state index is 0.0239. The first kappa shape index (κ1) is 56.8. The van der Waals surface area contributed by atoms with Crippen molar-refractivity contribution in [1.29, 1.82) is 5.41 Å².